The Labute approximate surface area is 119 Å². The summed E-state index contributed by atoms with van der Waals surface area (Å²) >= 11 is 1.44. The highest BCUT2D eigenvalue weighted by atomic mass is 32.1. The molecule has 2 rings (SSSR count). The largest absolute Gasteiger partial charge is 0.496 e. The van der Waals surface area contributed by atoms with Crippen LogP contribution in [0.3, 0.4) is 0 Å². The third-order valence-corrected chi connectivity index (χ3v) is 3.06. The molecule has 1 aromatic carbocycles. The Kier molecular flexibility index (Phi) is 4.84. The summed E-state index contributed by atoms with van der Waals surface area (Å²) in [5, 5.41) is 1.80. The van der Waals surface area contributed by atoms with Crippen LogP contribution in [0.15, 0.2) is 35.2 Å². The Morgan fingerprint density at radius 2 is 2.35 bits per heavy atom. The molecule has 4 nitrogen and oxygen atoms in total. The second kappa shape index (κ2) is 6.81. The van der Waals surface area contributed by atoms with E-state index in [1.807, 2.05) is 0 Å². The van der Waals surface area contributed by atoms with E-state index in [2.05, 4.69) is 4.98 Å². The molecule has 2 aromatic rings. The van der Waals surface area contributed by atoms with Gasteiger partial charge in [0.1, 0.15) is 18.2 Å². The van der Waals surface area contributed by atoms with E-state index in [0.717, 1.165) is 0 Å². The molecule has 0 aliphatic rings. The zero-order valence-electron chi connectivity index (χ0n) is 10.7. The molecule has 0 spiro atoms. The van der Waals surface area contributed by atoms with E-state index < -0.39 is 11.8 Å². The van der Waals surface area contributed by atoms with E-state index in [-0.39, 0.29) is 6.61 Å². The number of carbonyl (C=O) groups is 1. The highest BCUT2D eigenvalue weighted by Gasteiger charge is 2.07. The number of ether oxygens (including phenoxy) is 2. The summed E-state index contributed by atoms with van der Waals surface area (Å²) in [6, 6.07) is 4.05. The number of esters is 1. The number of hydrogen-bond acceptors (Lipinski definition) is 5. The Hall–Kier alpha value is -2.21. The first-order valence-corrected chi connectivity index (χ1v) is 6.69. The van der Waals surface area contributed by atoms with E-state index in [4.69, 9.17) is 9.47 Å². The average molecular weight is 293 g/mol. The monoisotopic (exact) mass is 293 g/mol. The number of carbonyl (C=O) groups excluding carboxylic acids is 1. The van der Waals surface area contributed by atoms with E-state index in [0.29, 0.717) is 17.0 Å². The Balaban J connectivity index is 1.95. The van der Waals surface area contributed by atoms with Gasteiger partial charge in [0, 0.05) is 17.0 Å². The number of rotatable bonds is 5. The Morgan fingerprint density at radius 3 is 3.05 bits per heavy atom. The van der Waals surface area contributed by atoms with Crippen LogP contribution in [0, 0.1) is 5.82 Å². The molecule has 20 heavy (non-hydrogen) atoms. The van der Waals surface area contributed by atoms with Gasteiger partial charge in [-0.15, -0.1) is 11.3 Å². The summed E-state index contributed by atoms with van der Waals surface area (Å²) in [5.74, 6) is -0.457. The van der Waals surface area contributed by atoms with Crippen molar-refractivity contribution in [1.29, 1.82) is 0 Å². The summed E-state index contributed by atoms with van der Waals surface area (Å²) in [6.07, 6.45) is 2.84. The van der Waals surface area contributed by atoms with Crippen LogP contribution < -0.4 is 4.74 Å². The standard InChI is InChI=1S/C14H12FNO3S/c1-18-13-4-2-11(15)6-10(13)7-19-14(17)5-3-12-8-20-9-16-12/h2-6,8-9H,7H2,1H3. The van der Waals surface area contributed by atoms with Gasteiger partial charge in [0.05, 0.1) is 18.3 Å². The maximum absolute atomic E-state index is 13.1. The first-order valence-electron chi connectivity index (χ1n) is 5.74. The molecule has 0 saturated carbocycles. The minimum absolute atomic E-state index is 0.0544. The van der Waals surface area contributed by atoms with Crippen LogP contribution in [0.1, 0.15) is 11.3 Å². The first-order chi connectivity index (χ1) is 9.69. The minimum Gasteiger partial charge on any atom is -0.496 e. The average Bonchev–Trinajstić information content (AvgIpc) is 2.96. The topological polar surface area (TPSA) is 48.4 Å². The molecule has 0 unspecified atom stereocenters. The predicted octanol–water partition coefficient (Wildman–Crippen LogP) is 3.05. The molecule has 6 heteroatoms. The molecule has 1 heterocycles. The minimum atomic E-state index is -0.524. The third kappa shape index (κ3) is 3.89. The van der Waals surface area contributed by atoms with Crippen LogP contribution in [0.5, 0.6) is 5.75 Å². The van der Waals surface area contributed by atoms with Crippen molar-refractivity contribution in [2.75, 3.05) is 7.11 Å². The van der Waals surface area contributed by atoms with E-state index in [1.165, 1.54) is 42.7 Å². The van der Waals surface area contributed by atoms with Crippen LogP contribution in [-0.2, 0) is 16.1 Å². The number of benzene rings is 1. The molecule has 0 amide bonds. The van der Waals surface area contributed by atoms with Gasteiger partial charge in [-0.3, -0.25) is 0 Å². The maximum Gasteiger partial charge on any atom is 0.331 e. The molecule has 0 fully saturated rings. The van der Waals surface area contributed by atoms with Crippen molar-refractivity contribution >= 4 is 23.4 Å². The second-order valence-electron chi connectivity index (χ2n) is 3.81. The van der Waals surface area contributed by atoms with Crippen molar-refractivity contribution in [2.45, 2.75) is 6.61 Å². The molecular formula is C14H12FNO3S. The van der Waals surface area contributed by atoms with Crippen LogP contribution in [-0.4, -0.2) is 18.1 Å². The Morgan fingerprint density at radius 1 is 1.50 bits per heavy atom. The molecule has 0 aliphatic carbocycles. The summed E-state index contributed by atoms with van der Waals surface area (Å²) in [5.41, 5.74) is 2.83. The molecule has 0 aliphatic heterocycles. The van der Waals surface area contributed by atoms with Gasteiger partial charge in [-0.2, -0.15) is 0 Å². The van der Waals surface area contributed by atoms with Gasteiger partial charge >= 0.3 is 5.97 Å². The van der Waals surface area contributed by atoms with E-state index in [1.54, 1.807) is 17.0 Å². The zero-order chi connectivity index (χ0) is 14.4. The van der Waals surface area contributed by atoms with Crippen molar-refractivity contribution in [3.63, 3.8) is 0 Å². The highest BCUT2D eigenvalue weighted by Crippen LogP contribution is 2.20. The highest BCUT2D eigenvalue weighted by molar-refractivity contribution is 7.07. The lowest BCUT2D eigenvalue weighted by Gasteiger charge is -2.08. The van der Waals surface area contributed by atoms with Gasteiger partial charge in [0.15, 0.2) is 0 Å². The van der Waals surface area contributed by atoms with Crippen LogP contribution in [0.25, 0.3) is 6.08 Å². The molecule has 0 N–H and O–H groups in total. The predicted molar refractivity (Wildman–Crippen MR) is 73.9 cm³/mol. The zero-order valence-corrected chi connectivity index (χ0v) is 11.5. The summed E-state index contributed by atoms with van der Waals surface area (Å²) in [7, 11) is 1.47. The quantitative estimate of drug-likeness (QED) is 0.628. The smallest absolute Gasteiger partial charge is 0.331 e. The summed E-state index contributed by atoms with van der Waals surface area (Å²) in [6.45, 7) is -0.0544. The maximum atomic E-state index is 13.1. The van der Waals surface area contributed by atoms with Gasteiger partial charge in [0.2, 0.25) is 0 Å². The lowest BCUT2D eigenvalue weighted by Crippen LogP contribution is -2.02. The molecule has 0 saturated heterocycles. The first kappa shape index (κ1) is 14.2. The number of methoxy groups -OCH3 is 1. The number of thiazole rings is 1. The van der Waals surface area contributed by atoms with Crippen molar-refractivity contribution in [2.24, 2.45) is 0 Å². The third-order valence-electron chi connectivity index (χ3n) is 2.45. The van der Waals surface area contributed by atoms with Crippen LogP contribution in [0.4, 0.5) is 4.39 Å². The number of aromatic nitrogens is 1. The van der Waals surface area contributed by atoms with E-state index >= 15 is 0 Å². The normalized spacial score (nSPS) is 10.7. The number of hydrogen-bond donors (Lipinski definition) is 0. The molecule has 0 atom stereocenters. The van der Waals surface area contributed by atoms with Gasteiger partial charge < -0.3 is 9.47 Å². The fraction of sp³-hybridized carbons (Fsp3) is 0.143. The van der Waals surface area contributed by atoms with Gasteiger partial charge in [-0.25, -0.2) is 14.2 Å². The molecule has 0 bridgehead atoms. The second-order valence-corrected chi connectivity index (χ2v) is 4.53. The van der Waals surface area contributed by atoms with Gasteiger partial charge in [-0.05, 0) is 24.3 Å². The Bertz CT molecular complexity index is 611. The van der Waals surface area contributed by atoms with E-state index in [9.17, 15) is 9.18 Å². The number of halogens is 1. The van der Waals surface area contributed by atoms with Crippen LogP contribution >= 0.6 is 11.3 Å². The van der Waals surface area contributed by atoms with Crippen molar-refractivity contribution in [1.82, 2.24) is 4.98 Å². The van der Waals surface area contributed by atoms with Crippen molar-refractivity contribution < 1.29 is 18.7 Å². The summed E-state index contributed by atoms with van der Waals surface area (Å²) < 4.78 is 23.2. The number of nitrogens with zero attached hydrogens (tertiary/aromatic N) is 1. The lowest BCUT2D eigenvalue weighted by atomic mass is 10.2. The van der Waals surface area contributed by atoms with Gasteiger partial charge in [-0.1, -0.05) is 0 Å². The van der Waals surface area contributed by atoms with Crippen molar-refractivity contribution in [3.8, 4) is 5.75 Å². The molecule has 104 valence electrons. The fourth-order valence-electron chi connectivity index (χ4n) is 1.51. The molecular weight excluding hydrogens is 281 g/mol. The molecule has 0 radical (unpaired) electrons. The van der Waals surface area contributed by atoms with Crippen LogP contribution in [0.2, 0.25) is 0 Å². The lowest BCUT2D eigenvalue weighted by molar-refractivity contribution is -0.138. The fourth-order valence-corrected chi connectivity index (χ4v) is 2.04. The summed E-state index contributed by atoms with van der Waals surface area (Å²) in [4.78, 5) is 15.5. The van der Waals surface area contributed by atoms with Crippen molar-refractivity contribution in [3.05, 3.63) is 52.2 Å². The SMILES string of the molecule is COc1ccc(F)cc1COC(=O)C=Cc1cscn1. The van der Waals surface area contributed by atoms with Gasteiger partial charge in [0.25, 0.3) is 0 Å². The molecule has 1 aromatic heterocycles.